The fourth-order valence-electron chi connectivity index (χ4n) is 4.58. The molecule has 0 aliphatic carbocycles. The van der Waals surface area contributed by atoms with Gasteiger partial charge >= 0.3 is 0 Å². The van der Waals surface area contributed by atoms with Crippen molar-refractivity contribution in [1.29, 1.82) is 0 Å². The molecule has 3 N–H and O–H groups in total. The highest BCUT2D eigenvalue weighted by Crippen LogP contribution is 2.42. The molecular formula is C21H26N4O4S. The number of benzene rings is 1. The third-order valence-electron chi connectivity index (χ3n) is 6.06. The predicted molar refractivity (Wildman–Crippen MR) is 112 cm³/mol. The molecule has 30 heavy (non-hydrogen) atoms. The average Bonchev–Trinajstić information content (AvgIpc) is 3.01. The largest absolute Gasteiger partial charge is 0.487 e. The fraction of sp³-hybridized carbons (Fsp3) is 0.429. The second kappa shape index (κ2) is 8.14. The Morgan fingerprint density at radius 1 is 1.20 bits per heavy atom. The second-order valence-electron chi connectivity index (χ2n) is 8.03. The van der Waals surface area contributed by atoms with Crippen LogP contribution in [0.3, 0.4) is 0 Å². The van der Waals surface area contributed by atoms with E-state index in [4.69, 9.17) is 15.7 Å². The molecule has 2 atom stereocenters. The number of aromatic nitrogens is 1. The van der Waals surface area contributed by atoms with Crippen molar-refractivity contribution < 1.29 is 18.4 Å². The summed E-state index contributed by atoms with van der Waals surface area (Å²) in [5.74, 6) is 1.23. The van der Waals surface area contributed by atoms with Gasteiger partial charge in [0.25, 0.3) is 0 Å². The van der Waals surface area contributed by atoms with Crippen molar-refractivity contribution in [3.63, 3.8) is 0 Å². The SMILES string of the molecule is CS(=O)(=O)c1ccc(OCc2ccc(C3CC4CCC(C3)N4/C(N)=N\O)cn2)cc1. The van der Waals surface area contributed by atoms with Crippen molar-refractivity contribution in [2.75, 3.05) is 6.26 Å². The van der Waals surface area contributed by atoms with E-state index in [0.29, 0.717) is 30.4 Å². The van der Waals surface area contributed by atoms with Gasteiger partial charge < -0.3 is 20.6 Å². The first-order valence-electron chi connectivity index (χ1n) is 9.99. The predicted octanol–water partition coefficient (Wildman–Crippen LogP) is 2.48. The monoisotopic (exact) mass is 430 g/mol. The number of sulfone groups is 1. The molecule has 2 aliphatic heterocycles. The minimum atomic E-state index is -3.21. The van der Waals surface area contributed by atoms with Crippen LogP contribution in [0.4, 0.5) is 0 Å². The number of guanidine groups is 1. The molecule has 2 aromatic rings. The number of nitrogens with two attached hydrogens (primary N) is 1. The van der Waals surface area contributed by atoms with Gasteiger partial charge in [-0.2, -0.15) is 0 Å². The van der Waals surface area contributed by atoms with E-state index in [1.54, 1.807) is 12.1 Å². The van der Waals surface area contributed by atoms with Gasteiger partial charge in [-0.05, 0) is 67.5 Å². The minimum Gasteiger partial charge on any atom is -0.487 e. The lowest BCUT2D eigenvalue weighted by molar-refractivity contribution is 0.199. The molecule has 0 amide bonds. The van der Waals surface area contributed by atoms with E-state index >= 15 is 0 Å². The molecule has 1 aromatic heterocycles. The molecular weight excluding hydrogens is 404 g/mol. The maximum Gasteiger partial charge on any atom is 0.233 e. The quantitative estimate of drug-likeness (QED) is 0.324. The van der Waals surface area contributed by atoms with Crippen LogP contribution in [0.25, 0.3) is 0 Å². The summed E-state index contributed by atoms with van der Waals surface area (Å²) < 4.78 is 28.8. The Labute approximate surface area is 176 Å². The van der Waals surface area contributed by atoms with Crippen molar-refractivity contribution in [3.05, 3.63) is 53.9 Å². The second-order valence-corrected chi connectivity index (χ2v) is 10.0. The first-order chi connectivity index (χ1) is 14.3. The molecule has 2 unspecified atom stereocenters. The van der Waals surface area contributed by atoms with Gasteiger partial charge in [-0.15, -0.1) is 0 Å². The number of piperidine rings is 1. The van der Waals surface area contributed by atoms with E-state index in [-0.39, 0.29) is 10.9 Å². The topological polar surface area (TPSA) is 118 Å². The molecule has 8 nitrogen and oxygen atoms in total. The smallest absolute Gasteiger partial charge is 0.233 e. The Morgan fingerprint density at radius 3 is 2.40 bits per heavy atom. The summed E-state index contributed by atoms with van der Waals surface area (Å²) in [6.45, 7) is 0.311. The van der Waals surface area contributed by atoms with Crippen LogP contribution in [0.1, 0.15) is 42.9 Å². The standard InChI is InChI=1S/C21H26N4O4S/c1-30(27,28)20-8-6-19(7-9-20)29-13-16-3-2-14(12-23-16)15-10-17-4-5-18(11-15)25(17)21(22)24-26/h2-3,6-9,12,15,17-18,26H,4-5,10-11,13H2,1H3,(H2,22,24). The van der Waals surface area contributed by atoms with Crippen LogP contribution in [-0.4, -0.2) is 47.8 Å². The normalized spacial score (nSPS) is 24.1. The van der Waals surface area contributed by atoms with Crippen molar-refractivity contribution in [1.82, 2.24) is 9.88 Å². The van der Waals surface area contributed by atoms with Gasteiger partial charge in [-0.3, -0.25) is 4.98 Å². The van der Waals surface area contributed by atoms with Crippen LogP contribution in [0, 0.1) is 0 Å². The molecule has 0 saturated carbocycles. The van der Waals surface area contributed by atoms with Gasteiger partial charge in [0.2, 0.25) is 5.96 Å². The number of nitrogens with zero attached hydrogens (tertiary/aromatic N) is 3. The van der Waals surface area contributed by atoms with Gasteiger partial charge in [-0.1, -0.05) is 11.2 Å². The van der Waals surface area contributed by atoms with Crippen molar-refractivity contribution in [2.24, 2.45) is 10.9 Å². The Morgan fingerprint density at radius 2 is 1.87 bits per heavy atom. The minimum absolute atomic E-state index is 0.219. The summed E-state index contributed by atoms with van der Waals surface area (Å²) in [5.41, 5.74) is 7.86. The highest BCUT2D eigenvalue weighted by atomic mass is 32.2. The number of fused-ring (bicyclic) bond motifs is 2. The summed E-state index contributed by atoms with van der Waals surface area (Å²) in [4.78, 5) is 6.87. The van der Waals surface area contributed by atoms with Crippen LogP contribution < -0.4 is 10.5 Å². The lowest BCUT2D eigenvalue weighted by atomic mass is 9.86. The molecule has 160 valence electrons. The summed E-state index contributed by atoms with van der Waals surface area (Å²) in [6.07, 6.45) is 7.16. The van der Waals surface area contributed by atoms with Crippen LogP contribution in [0.2, 0.25) is 0 Å². The highest BCUT2D eigenvalue weighted by Gasteiger charge is 2.42. The number of ether oxygens (including phenoxy) is 1. The molecule has 0 radical (unpaired) electrons. The third kappa shape index (κ3) is 4.21. The van der Waals surface area contributed by atoms with Gasteiger partial charge in [0.05, 0.1) is 10.6 Å². The highest BCUT2D eigenvalue weighted by molar-refractivity contribution is 7.90. The number of hydrogen-bond donors (Lipinski definition) is 2. The summed E-state index contributed by atoms with van der Waals surface area (Å²) in [7, 11) is -3.21. The molecule has 2 fully saturated rings. The first kappa shape index (κ1) is 20.5. The van der Waals surface area contributed by atoms with Crippen LogP contribution in [-0.2, 0) is 16.4 Å². The van der Waals surface area contributed by atoms with Gasteiger partial charge in [-0.25, -0.2) is 8.42 Å². The molecule has 1 aromatic carbocycles. The maximum atomic E-state index is 11.5. The van der Waals surface area contributed by atoms with E-state index in [1.807, 2.05) is 12.3 Å². The van der Waals surface area contributed by atoms with Gasteiger partial charge in [0, 0.05) is 24.5 Å². The number of hydrogen-bond acceptors (Lipinski definition) is 6. The van der Waals surface area contributed by atoms with Gasteiger partial charge in [0.1, 0.15) is 12.4 Å². The van der Waals surface area contributed by atoms with Crippen LogP contribution in [0.5, 0.6) is 5.75 Å². The van der Waals surface area contributed by atoms with E-state index in [0.717, 1.165) is 31.4 Å². The average molecular weight is 431 g/mol. The number of oxime groups is 1. The van der Waals surface area contributed by atoms with Crippen molar-refractivity contribution >= 4 is 15.8 Å². The summed E-state index contributed by atoms with van der Waals surface area (Å²) >= 11 is 0. The van der Waals surface area contributed by atoms with E-state index < -0.39 is 9.84 Å². The maximum absolute atomic E-state index is 11.5. The Balaban J connectivity index is 1.36. The van der Waals surface area contributed by atoms with E-state index in [1.165, 1.54) is 24.0 Å². The lowest BCUT2D eigenvalue weighted by Gasteiger charge is -2.39. The number of pyridine rings is 1. The molecule has 9 heteroatoms. The molecule has 2 aliphatic rings. The molecule has 4 rings (SSSR count). The fourth-order valence-corrected chi connectivity index (χ4v) is 5.21. The third-order valence-corrected chi connectivity index (χ3v) is 7.19. The van der Waals surface area contributed by atoms with Crippen molar-refractivity contribution in [3.8, 4) is 5.75 Å². The zero-order valence-corrected chi connectivity index (χ0v) is 17.6. The zero-order valence-electron chi connectivity index (χ0n) is 16.8. The molecule has 3 heterocycles. The Bertz CT molecular complexity index is 1010. The van der Waals surface area contributed by atoms with Crippen LogP contribution in [0.15, 0.2) is 52.6 Å². The molecule has 0 spiro atoms. The van der Waals surface area contributed by atoms with Crippen molar-refractivity contribution in [2.45, 2.75) is 55.2 Å². The zero-order chi connectivity index (χ0) is 21.3. The van der Waals surface area contributed by atoms with E-state index in [2.05, 4.69) is 21.1 Å². The Kier molecular flexibility index (Phi) is 5.55. The number of rotatable bonds is 5. The first-order valence-corrected chi connectivity index (χ1v) is 11.9. The van der Waals surface area contributed by atoms with E-state index in [9.17, 15) is 8.42 Å². The Hall–Kier alpha value is -2.81. The molecule has 2 bridgehead atoms. The summed E-state index contributed by atoms with van der Waals surface area (Å²) in [5, 5.41) is 12.2. The van der Waals surface area contributed by atoms with Crippen LogP contribution >= 0.6 is 0 Å². The summed E-state index contributed by atoms with van der Waals surface area (Å²) in [6, 6.07) is 11.1. The lowest BCUT2D eigenvalue weighted by Crippen LogP contribution is -2.49. The van der Waals surface area contributed by atoms with Gasteiger partial charge in [0.15, 0.2) is 9.84 Å². The molecule has 2 saturated heterocycles.